The second-order valence-electron chi connectivity index (χ2n) is 8.59. The van der Waals surface area contributed by atoms with E-state index < -0.39 is 5.97 Å². The molecule has 0 amide bonds. The lowest BCUT2D eigenvalue weighted by molar-refractivity contribution is 0.00725. The fourth-order valence-electron chi connectivity index (χ4n) is 4.64. The van der Waals surface area contributed by atoms with Crippen LogP contribution in [0.5, 0.6) is 5.75 Å². The number of ether oxygens (including phenoxy) is 3. The van der Waals surface area contributed by atoms with E-state index in [9.17, 15) is 9.59 Å². The SMILES string of the molecule is CCOC(=O)c1nc(N2CCCC3(CCOCC3)C2)n(C)c(=O)c1OCc1ccccc1. The average molecular weight is 442 g/mol. The number of carbonyl (C=O) groups is 1. The molecule has 0 bridgehead atoms. The predicted molar refractivity (Wildman–Crippen MR) is 120 cm³/mol. The second-order valence-corrected chi connectivity index (χ2v) is 8.59. The van der Waals surface area contributed by atoms with Crippen molar-refractivity contribution in [3.63, 3.8) is 0 Å². The maximum atomic E-state index is 13.3. The van der Waals surface area contributed by atoms with Crippen molar-refractivity contribution < 1.29 is 19.0 Å². The number of anilines is 1. The number of hydrogen-bond acceptors (Lipinski definition) is 7. The third-order valence-corrected chi connectivity index (χ3v) is 6.42. The lowest BCUT2D eigenvalue weighted by Crippen LogP contribution is -2.48. The van der Waals surface area contributed by atoms with Gasteiger partial charge >= 0.3 is 5.97 Å². The van der Waals surface area contributed by atoms with Crippen LogP contribution in [-0.2, 0) is 23.1 Å². The highest BCUT2D eigenvalue weighted by Gasteiger charge is 2.38. The molecule has 0 unspecified atom stereocenters. The van der Waals surface area contributed by atoms with E-state index in [0.717, 1.165) is 57.6 Å². The molecule has 2 aliphatic rings. The summed E-state index contributed by atoms with van der Waals surface area (Å²) in [6.07, 6.45) is 4.15. The average Bonchev–Trinajstić information content (AvgIpc) is 2.81. The van der Waals surface area contributed by atoms with Crippen LogP contribution in [0.4, 0.5) is 5.95 Å². The topological polar surface area (TPSA) is 82.9 Å². The van der Waals surface area contributed by atoms with E-state index in [1.807, 2.05) is 30.3 Å². The van der Waals surface area contributed by atoms with E-state index in [1.165, 1.54) is 4.57 Å². The first-order chi connectivity index (χ1) is 15.5. The fraction of sp³-hybridized carbons (Fsp3) is 0.542. The Labute approximate surface area is 188 Å². The Kier molecular flexibility index (Phi) is 6.79. The van der Waals surface area contributed by atoms with Crippen LogP contribution in [0.2, 0.25) is 0 Å². The van der Waals surface area contributed by atoms with Gasteiger partial charge in [0, 0.05) is 33.4 Å². The summed E-state index contributed by atoms with van der Waals surface area (Å²) in [7, 11) is 1.68. The van der Waals surface area contributed by atoms with E-state index in [0.29, 0.717) is 5.95 Å². The zero-order valence-electron chi connectivity index (χ0n) is 18.8. The minimum Gasteiger partial charge on any atom is -0.481 e. The van der Waals surface area contributed by atoms with Crippen molar-refractivity contribution in [2.45, 2.75) is 39.2 Å². The quantitative estimate of drug-likeness (QED) is 0.638. The third-order valence-electron chi connectivity index (χ3n) is 6.42. The van der Waals surface area contributed by atoms with Crippen molar-refractivity contribution in [1.29, 1.82) is 0 Å². The maximum Gasteiger partial charge on any atom is 0.361 e. The van der Waals surface area contributed by atoms with Crippen molar-refractivity contribution in [1.82, 2.24) is 9.55 Å². The number of aromatic nitrogens is 2. The minimum atomic E-state index is -0.646. The van der Waals surface area contributed by atoms with Crippen LogP contribution in [0, 0.1) is 5.41 Å². The van der Waals surface area contributed by atoms with Crippen LogP contribution >= 0.6 is 0 Å². The maximum absolute atomic E-state index is 13.3. The zero-order valence-corrected chi connectivity index (χ0v) is 18.8. The number of piperidine rings is 1. The van der Waals surface area contributed by atoms with E-state index in [1.54, 1.807) is 14.0 Å². The molecule has 172 valence electrons. The van der Waals surface area contributed by atoms with Crippen LogP contribution in [0.3, 0.4) is 0 Å². The number of carbonyl (C=O) groups excluding carboxylic acids is 1. The molecule has 2 saturated heterocycles. The molecule has 0 N–H and O–H groups in total. The Bertz CT molecular complexity index is 993. The number of benzene rings is 1. The summed E-state index contributed by atoms with van der Waals surface area (Å²) in [5.74, 6) is -0.237. The summed E-state index contributed by atoms with van der Waals surface area (Å²) in [5.41, 5.74) is 0.611. The molecule has 2 fully saturated rings. The molecule has 4 rings (SSSR count). The van der Waals surface area contributed by atoms with Crippen LogP contribution in [0.15, 0.2) is 35.1 Å². The molecule has 8 nitrogen and oxygen atoms in total. The Hall–Kier alpha value is -2.87. The summed E-state index contributed by atoms with van der Waals surface area (Å²) in [6, 6.07) is 9.50. The molecule has 1 aromatic heterocycles. The monoisotopic (exact) mass is 441 g/mol. The predicted octanol–water partition coefficient (Wildman–Crippen LogP) is 2.93. The van der Waals surface area contributed by atoms with Gasteiger partial charge in [-0.25, -0.2) is 9.78 Å². The van der Waals surface area contributed by atoms with Gasteiger partial charge in [0.25, 0.3) is 5.56 Å². The van der Waals surface area contributed by atoms with E-state index in [2.05, 4.69) is 9.88 Å². The molecule has 0 radical (unpaired) electrons. The Morgan fingerprint density at radius 1 is 1.19 bits per heavy atom. The first-order valence-electron chi connectivity index (χ1n) is 11.3. The van der Waals surface area contributed by atoms with E-state index in [4.69, 9.17) is 14.2 Å². The highest BCUT2D eigenvalue weighted by molar-refractivity contribution is 5.90. The lowest BCUT2D eigenvalue weighted by atomic mass is 9.74. The standard InChI is InChI=1S/C24H31N3O5/c1-3-31-22(29)19-20(32-16-18-8-5-4-6-9-18)21(28)26(2)23(25-19)27-13-7-10-24(17-27)11-14-30-15-12-24/h4-6,8-9H,3,7,10-17H2,1-2H3. The number of rotatable bonds is 6. The van der Waals surface area contributed by atoms with Gasteiger partial charge in [-0.2, -0.15) is 0 Å². The Balaban J connectivity index is 1.67. The van der Waals surface area contributed by atoms with Gasteiger partial charge in [0.2, 0.25) is 11.7 Å². The van der Waals surface area contributed by atoms with Crippen LogP contribution in [-0.4, -0.2) is 48.4 Å². The number of nitrogens with zero attached hydrogens (tertiary/aromatic N) is 3. The molecule has 32 heavy (non-hydrogen) atoms. The summed E-state index contributed by atoms with van der Waals surface area (Å²) in [4.78, 5) is 32.8. The third kappa shape index (κ3) is 4.65. The van der Waals surface area contributed by atoms with Crippen molar-refractivity contribution in [2.24, 2.45) is 12.5 Å². The first kappa shape index (κ1) is 22.3. The minimum absolute atomic E-state index is 0.0625. The Morgan fingerprint density at radius 3 is 2.66 bits per heavy atom. The van der Waals surface area contributed by atoms with Crippen molar-refractivity contribution >= 4 is 11.9 Å². The van der Waals surface area contributed by atoms with Crippen molar-refractivity contribution in [2.75, 3.05) is 37.8 Å². The molecule has 1 spiro atoms. The second kappa shape index (κ2) is 9.73. The molecule has 1 aromatic carbocycles. The van der Waals surface area contributed by atoms with Gasteiger partial charge in [-0.3, -0.25) is 9.36 Å². The molecule has 0 aliphatic carbocycles. The largest absolute Gasteiger partial charge is 0.481 e. The summed E-state index contributed by atoms with van der Waals surface area (Å²) >= 11 is 0. The first-order valence-corrected chi connectivity index (χ1v) is 11.3. The normalized spacial score (nSPS) is 17.9. The zero-order chi connectivity index (χ0) is 22.6. The van der Waals surface area contributed by atoms with E-state index in [-0.39, 0.29) is 35.6 Å². The smallest absolute Gasteiger partial charge is 0.361 e. The number of hydrogen-bond donors (Lipinski definition) is 0. The van der Waals surface area contributed by atoms with Crippen LogP contribution in [0.25, 0.3) is 0 Å². The molecule has 8 heteroatoms. The van der Waals surface area contributed by atoms with Gasteiger partial charge in [0.05, 0.1) is 6.61 Å². The summed E-state index contributed by atoms with van der Waals surface area (Å²) in [5, 5.41) is 0. The highest BCUT2D eigenvalue weighted by Crippen LogP contribution is 2.40. The van der Waals surface area contributed by atoms with Crippen molar-refractivity contribution in [3.05, 3.63) is 51.9 Å². The van der Waals surface area contributed by atoms with Crippen LogP contribution in [0.1, 0.15) is 48.7 Å². The molecule has 2 aromatic rings. The molecular weight excluding hydrogens is 410 g/mol. The van der Waals surface area contributed by atoms with Gasteiger partial charge < -0.3 is 19.1 Å². The molecule has 3 heterocycles. The number of esters is 1. The molecule has 0 atom stereocenters. The fourth-order valence-corrected chi connectivity index (χ4v) is 4.64. The van der Waals surface area contributed by atoms with Gasteiger partial charge in [0.15, 0.2) is 5.69 Å². The van der Waals surface area contributed by atoms with Gasteiger partial charge in [-0.1, -0.05) is 30.3 Å². The highest BCUT2D eigenvalue weighted by atomic mass is 16.5. The van der Waals surface area contributed by atoms with Gasteiger partial charge in [0.1, 0.15) is 6.61 Å². The molecule has 2 aliphatic heterocycles. The van der Waals surface area contributed by atoms with Crippen LogP contribution < -0.4 is 15.2 Å². The molecular formula is C24H31N3O5. The van der Waals surface area contributed by atoms with Crippen molar-refractivity contribution in [3.8, 4) is 5.75 Å². The Morgan fingerprint density at radius 2 is 1.94 bits per heavy atom. The lowest BCUT2D eigenvalue weighted by Gasteiger charge is -2.45. The summed E-state index contributed by atoms with van der Waals surface area (Å²) in [6.45, 7) is 5.19. The van der Waals surface area contributed by atoms with Gasteiger partial charge in [-0.05, 0) is 43.6 Å². The van der Waals surface area contributed by atoms with Gasteiger partial charge in [-0.15, -0.1) is 0 Å². The van der Waals surface area contributed by atoms with E-state index >= 15 is 0 Å². The summed E-state index contributed by atoms with van der Waals surface area (Å²) < 4.78 is 18.1. The molecule has 0 saturated carbocycles.